The van der Waals surface area contributed by atoms with E-state index in [1.165, 1.54) is 11.3 Å². The zero-order chi connectivity index (χ0) is 25.6. The summed E-state index contributed by atoms with van der Waals surface area (Å²) in [5, 5.41) is 15.2. The fraction of sp³-hybridized carbons (Fsp3) is 0.346. The second kappa shape index (κ2) is 11.6. The van der Waals surface area contributed by atoms with Gasteiger partial charge in [-0.1, -0.05) is 11.3 Å². The first-order chi connectivity index (χ1) is 18.1. The van der Waals surface area contributed by atoms with E-state index in [1.807, 2.05) is 31.2 Å². The summed E-state index contributed by atoms with van der Waals surface area (Å²) >= 11 is 1.38. The third-order valence-corrected chi connectivity index (χ3v) is 6.91. The summed E-state index contributed by atoms with van der Waals surface area (Å²) in [4.78, 5) is 30.1. The summed E-state index contributed by atoms with van der Waals surface area (Å²) in [5.41, 5.74) is 3.97. The minimum Gasteiger partial charge on any atom is -0.491 e. The Morgan fingerprint density at radius 2 is 2.08 bits per heavy atom. The van der Waals surface area contributed by atoms with Crippen LogP contribution in [0.5, 0.6) is 5.75 Å². The summed E-state index contributed by atoms with van der Waals surface area (Å²) in [7, 11) is 0. The second-order valence-corrected chi connectivity index (χ2v) is 9.56. The van der Waals surface area contributed by atoms with Crippen LogP contribution in [0.2, 0.25) is 0 Å². The van der Waals surface area contributed by atoms with Gasteiger partial charge in [0.05, 0.1) is 28.6 Å². The van der Waals surface area contributed by atoms with Crippen LogP contribution in [0.1, 0.15) is 25.6 Å². The summed E-state index contributed by atoms with van der Waals surface area (Å²) < 4.78 is 12.6. The van der Waals surface area contributed by atoms with E-state index in [0.29, 0.717) is 36.3 Å². The Morgan fingerprint density at radius 3 is 2.84 bits per heavy atom. The predicted molar refractivity (Wildman–Crippen MR) is 142 cm³/mol. The largest absolute Gasteiger partial charge is 0.491 e. The molecule has 2 amide bonds. The molecule has 3 N–H and O–H groups in total. The lowest BCUT2D eigenvalue weighted by Crippen LogP contribution is -2.28. The van der Waals surface area contributed by atoms with Crippen LogP contribution in [0.15, 0.2) is 42.9 Å². The minimum atomic E-state index is -0.307. The highest BCUT2D eigenvalue weighted by atomic mass is 32.1. The summed E-state index contributed by atoms with van der Waals surface area (Å²) in [5.74, 6) is 1.29. The SMILES string of the molecule is CCNC(=O)Nc1nc2cc(-c3cnc(CCO)nc3)cc(-c3cc(OCC4CCCO4)ccn3)c2s1. The Hall–Kier alpha value is -3.67. The van der Waals surface area contributed by atoms with Crippen LogP contribution in [-0.2, 0) is 11.2 Å². The molecule has 0 radical (unpaired) electrons. The zero-order valence-corrected chi connectivity index (χ0v) is 21.3. The molecule has 4 heterocycles. The van der Waals surface area contributed by atoms with Crippen molar-refractivity contribution < 1.29 is 19.4 Å². The van der Waals surface area contributed by atoms with Gasteiger partial charge >= 0.3 is 6.03 Å². The number of aliphatic hydroxyl groups excluding tert-OH is 1. The molecule has 0 aliphatic carbocycles. The van der Waals surface area contributed by atoms with Crippen LogP contribution in [0, 0.1) is 0 Å². The first-order valence-corrected chi connectivity index (χ1v) is 13.1. The van der Waals surface area contributed by atoms with E-state index in [1.54, 1.807) is 18.6 Å². The van der Waals surface area contributed by atoms with E-state index < -0.39 is 0 Å². The maximum Gasteiger partial charge on any atom is 0.321 e. The van der Waals surface area contributed by atoms with Crippen LogP contribution in [0.3, 0.4) is 0 Å². The predicted octanol–water partition coefficient (Wildman–Crippen LogP) is 4.05. The number of amides is 2. The smallest absolute Gasteiger partial charge is 0.321 e. The minimum absolute atomic E-state index is 0.00733. The highest BCUT2D eigenvalue weighted by Crippen LogP contribution is 2.38. The van der Waals surface area contributed by atoms with E-state index in [2.05, 4.69) is 30.6 Å². The molecular weight excluding hydrogens is 492 g/mol. The van der Waals surface area contributed by atoms with Gasteiger partial charge in [0, 0.05) is 55.4 Å². The first-order valence-electron chi connectivity index (χ1n) is 12.3. The second-order valence-electron chi connectivity index (χ2n) is 8.56. The number of nitrogens with one attached hydrogen (secondary N) is 2. The molecule has 1 saturated heterocycles. The summed E-state index contributed by atoms with van der Waals surface area (Å²) in [6.07, 6.45) is 7.76. The number of rotatable bonds is 9. The lowest BCUT2D eigenvalue weighted by molar-refractivity contribution is 0.0679. The van der Waals surface area contributed by atoms with Gasteiger partial charge < -0.3 is 19.9 Å². The quantitative estimate of drug-likeness (QED) is 0.301. The number of carbonyl (C=O) groups excluding carboxylic acids is 1. The van der Waals surface area contributed by atoms with Gasteiger partial charge in [0.2, 0.25) is 0 Å². The van der Waals surface area contributed by atoms with Gasteiger partial charge in [0.1, 0.15) is 18.2 Å². The Balaban J connectivity index is 1.52. The van der Waals surface area contributed by atoms with Gasteiger partial charge in [-0.3, -0.25) is 10.3 Å². The highest BCUT2D eigenvalue weighted by molar-refractivity contribution is 7.22. The van der Waals surface area contributed by atoms with Crippen LogP contribution < -0.4 is 15.4 Å². The van der Waals surface area contributed by atoms with Gasteiger partial charge in [-0.25, -0.2) is 19.7 Å². The van der Waals surface area contributed by atoms with E-state index in [0.717, 1.165) is 52.0 Å². The van der Waals surface area contributed by atoms with Crippen molar-refractivity contribution in [2.24, 2.45) is 0 Å². The van der Waals surface area contributed by atoms with Crippen LogP contribution in [0.25, 0.3) is 32.6 Å². The number of hydrogen-bond acceptors (Lipinski definition) is 9. The van der Waals surface area contributed by atoms with Crippen molar-refractivity contribution in [2.75, 3.05) is 31.7 Å². The normalized spacial score (nSPS) is 15.1. The number of anilines is 1. The van der Waals surface area contributed by atoms with Crippen LogP contribution in [-0.4, -0.2) is 63.5 Å². The average Bonchev–Trinajstić information content (AvgIpc) is 3.57. The third kappa shape index (κ3) is 6.01. The molecule has 0 spiro atoms. The fourth-order valence-electron chi connectivity index (χ4n) is 4.09. The summed E-state index contributed by atoms with van der Waals surface area (Å²) in [6.45, 7) is 3.64. The molecule has 37 heavy (non-hydrogen) atoms. The van der Waals surface area contributed by atoms with Crippen molar-refractivity contribution in [1.82, 2.24) is 25.3 Å². The lowest BCUT2D eigenvalue weighted by atomic mass is 10.0. The number of benzene rings is 1. The number of aliphatic hydroxyl groups is 1. The number of fused-ring (bicyclic) bond motifs is 1. The molecule has 1 aromatic carbocycles. The number of pyridine rings is 1. The molecule has 11 heteroatoms. The van der Waals surface area contributed by atoms with Gasteiger partial charge in [-0.15, -0.1) is 0 Å². The molecule has 192 valence electrons. The monoisotopic (exact) mass is 520 g/mol. The lowest BCUT2D eigenvalue weighted by Gasteiger charge is -2.12. The number of thiazole rings is 1. The van der Waals surface area contributed by atoms with Crippen molar-refractivity contribution in [3.8, 4) is 28.1 Å². The number of carbonyl (C=O) groups is 1. The molecule has 1 aliphatic rings. The van der Waals surface area contributed by atoms with Crippen molar-refractivity contribution in [1.29, 1.82) is 0 Å². The maximum atomic E-state index is 12.1. The molecule has 1 aliphatic heterocycles. The zero-order valence-electron chi connectivity index (χ0n) is 20.4. The van der Waals surface area contributed by atoms with E-state index in [-0.39, 0.29) is 18.7 Å². The van der Waals surface area contributed by atoms with Gasteiger partial charge in [0.25, 0.3) is 0 Å². The molecule has 5 rings (SSSR count). The van der Waals surface area contributed by atoms with Crippen molar-refractivity contribution in [3.63, 3.8) is 0 Å². The first kappa shape index (κ1) is 25.0. The van der Waals surface area contributed by atoms with Gasteiger partial charge in [-0.2, -0.15) is 0 Å². The molecule has 0 saturated carbocycles. The molecule has 1 fully saturated rings. The molecule has 0 bridgehead atoms. The van der Waals surface area contributed by atoms with Crippen molar-refractivity contribution in [2.45, 2.75) is 32.3 Å². The summed E-state index contributed by atoms with van der Waals surface area (Å²) in [6, 6.07) is 7.40. The number of hydrogen-bond donors (Lipinski definition) is 3. The van der Waals surface area contributed by atoms with E-state index >= 15 is 0 Å². The van der Waals surface area contributed by atoms with Crippen LogP contribution >= 0.6 is 11.3 Å². The Kier molecular flexibility index (Phi) is 7.83. The average molecular weight is 521 g/mol. The molecular formula is C26H28N6O4S. The number of urea groups is 1. The van der Waals surface area contributed by atoms with Gasteiger partial charge in [0.15, 0.2) is 5.13 Å². The molecule has 1 atom stereocenters. The Labute approximate surface area is 218 Å². The standard InChI is InChI=1S/C26H28N6O4S/c1-2-27-25(34)32-26-31-22-11-16(17-13-29-23(6-8-33)30-14-17)10-20(24(22)37-26)21-12-18(5-7-28-21)36-15-19-4-3-9-35-19/h5,7,10-14,19,33H,2-4,6,8-9,15H2,1H3,(H2,27,31,32,34). The van der Waals surface area contributed by atoms with E-state index in [4.69, 9.17) is 14.6 Å². The highest BCUT2D eigenvalue weighted by Gasteiger charge is 2.18. The molecule has 1 unspecified atom stereocenters. The fourth-order valence-corrected chi connectivity index (χ4v) is 5.05. The molecule has 4 aromatic rings. The number of aromatic nitrogens is 4. The maximum absolute atomic E-state index is 12.1. The Bertz CT molecular complexity index is 1370. The Morgan fingerprint density at radius 1 is 1.22 bits per heavy atom. The van der Waals surface area contributed by atoms with Gasteiger partial charge in [-0.05, 0) is 43.5 Å². The van der Waals surface area contributed by atoms with E-state index in [9.17, 15) is 4.79 Å². The topological polar surface area (TPSA) is 131 Å². The van der Waals surface area contributed by atoms with Crippen molar-refractivity contribution >= 4 is 32.7 Å². The number of nitrogens with zero attached hydrogens (tertiary/aromatic N) is 4. The van der Waals surface area contributed by atoms with Crippen LogP contribution in [0.4, 0.5) is 9.93 Å². The molecule has 10 nitrogen and oxygen atoms in total. The van der Waals surface area contributed by atoms with Crippen molar-refractivity contribution in [3.05, 3.63) is 48.7 Å². The number of ether oxygens (including phenoxy) is 2. The molecule has 3 aromatic heterocycles. The third-order valence-electron chi connectivity index (χ3n) is 5.89.